The van der Waals surface area contributed by atoms with Crippen LogP contribution in [0.5, 0.6) is 11.5 Å². The first-order valence-electron chi connectivity index (χ1n) is 6.37. The normalized spacial score (nSPS) is 17.3. The van der Waals surface area contributed by atoms with Crippen molar-refractivity contribution in [3.05, 3.63) is 47.5 Å². The van der Waals surface area contributed by atoms with E-state index in [1.54, 1.807) is 0 Å². The van der Waals surface area contributed by atoms with Crippen molar-refractivity contribution in [3.63, 3.8) is 0 Å². The zero-order valence-corrected chi connectivity index (χ0v) is 11.1. The number of hydrogen-bond donors (Lipinski definition) is 0. The highest BCUT2D eigenvalue weighted by Crippen LogP contribution is 2.39. The van der Waals surface area contributed by atoms with Gasteiger partial charge in [-0.2, -0.15) is 0 Å². The Morgan fingerprint density at radius 2 is 1.89 bits per heavy atom. The summed E-state index contributed by atoms with van der Waals surface area (Å²) in [4.78, 5) is 0. The van der Waals surface area contributed by atoms with Gasteiger partial charge in [-0.1, -0.05) is 45.1 Å². The summed E-state index contributed by atoms with van der Waals surface area (Å²) in [5, 5.41) is 0. The molecule has 92 valence electrons. The minimum absolute atomic E-state index is 0.130. The molecule has 0 spiro atoms. The molecule has 0 bridgehead atoms. The fraction of sp³-hybridized carbons (Fsp3) is 0.333. The molecular formula is C15H17BO2. The lowest BCUT2D eigenvalue weighted by Gasteiger charge is -2.19. The first-order chi connectivity index (χ1) is 8.54. The van der Waals surface area contributed by atoms with Crippen LogP contribution in [-0.4, -0.2) is 7.12 Å². The molecule has 18 heavy (non-hydrogen) atoms. The van der Waals surface area contributed by atoms with E-state index in [2.05, 4.69) is 45.1 Å². The van der Waals surface area contributed by atoms with Gasteiger partial charge in [0.1, 0.15) is 11.5 Å². The zero-order chi connectivity index (χ0) is 12.8. The van der Waals surface area contributed by atoms with E-state index in [1.807, 2.05) is 12.1 Å². The molecule has 0 saturated carbocycles. The molecule has 0 amide bonds. The monoisotopic (exact) mass is 240 g/mol. The Labute approximate surface area is 108 Å². The van der Waals surface area contributed by atoms with Gasteiger partial charge in [0, 0.05) is 0 Å². The van der Waals surface area contributed by atoms with E-state index >= 15 is 0 Å². The van der Waals surface area contributed by atoms with Gasteiger partial charge in [0.25, 0.3) is 0 Å². The average Bonchev–Trinajstić information content (AvgIpc) is 2.95. The molecule has 0 saturated heterocycles. The molecule has 3 heteroatoms. The standard InChI is InChI=1S/C15H17BO2/c1-15(2,3)11-8-9-13-14(10-11)18-16(17-13)12-6-4-5-7-12/h4-6,8-10H,7H2,1-3H3. The predicted octanol–water partition coefficient (Wildman–Crippen LogP) is 3.67. The van der Waals surface area contributed by atoms with Crippen LogP contribution in [0.3, 0.4) is 0 Å². The van der Waals surface area contributed by atoms with Gasteiger partial charge in [0.05, 0.1) is 0 Å². The van der Waals surface area contributed by atoms with E-state index in [0.717, 1.165) is 17.9 Å². The van der Waals surface area contributed by atoms with Gasteiger partial charge < -0.3 is 9.31 Å². The lowest BCUT2D eigenvalue weighted by Crippen LogP contribution is -2.26. The smallest absolute Gasteiger partial charge is 0.519 e. The number of allylic oxidation sites excluding steroid dienone is 4. The third-order valence-electron chi connectivity index (χ3n) is 3.38. The Morgan fingerprint density at radius 1 is 1.11 bits per heavy atom. The van der Waals surface area contributed by atoms with Crippen LogP contribution >= 0.6 is 0 Å². The van der Waals surface area contributed by atoms with Crippen LogP contribution in [0.2, 0.25) is 0 Å². The number of hydrogen-bond acceptors (Lipinski definition) is 2. The summed E-state index contributed by atoms with van der Waals surface area (Å²) in [6, 6.07) is 6.23. The molecule has 0 aromatic heterocycles. The largest absolute Gasteiger partial charge is 0.628 e. The summed E-state index contributed by atoms with van der Waals surface area (Å²) in [5.41, 5.74) is 2.58. The fourth-order valence-electron chi connectivity index (χ4n) is 2.21. The number of rotatable bonds is 1. The molecule has 1 aromatic rings. The molecule has 3 rings (SSSR count). The first kappa shape index (κ1) is 11.5. The lowest BCUT2D eigenvalue weighted by atomic mass is 9.78. The van der Waals surface area contributed by atoms with Crippen LogP contribution in [0.25, 0.3) is 0 Å². The molecule has 1 heterocycles. The SMILES string of the molecule is CC(C)(C)c1ccc2c(c1)OB(C1=CC=CC1)O2. The molecule has 2 nitrogen and oxygen atoms in total. The zero-order valence-electron chi connectivity index (χ0n) is 11.1. The molecule has 2 aliphatic rings. The van der Waals surface area contributed by atoms with Crippen molar-refractivity contribution < 1.29 is 9.31 Å². The Balaban J connectivity index is 1.85. The van der Waals surface area contributed by atoms with Gasteiger partial charge in [-0.15, -0.1) is 0 Å². The molecule has 1 aromatic carbocycles. The molecule has 1 aliphatic carbocycles. The third kappa shape index (κ3) is 1.94. The first-order valence-corrected chi connectivity index (χ1v) is 6.37. The molecule has 0 unspecified atom stereocenters. The van der Waals surface area contributed by atoms with E-state index in [9.17, 15) is 0 Å². The van der Waals surface area contributed by atoms with Crippen molar-refractivity contribution in [2.75, 3.05) is 0 Å². The number of fused-ring (bicyclic) bond motifs is 1. The molecule has 0 fully saturated rings. The summed E-state index contributed by atoms with van der Waals surface area (Å²) in [6.07, 6.45) is 7.16. The van der Waals surface area contributed by atoms with Gasteiger partial charge in [-0.25, -0.2) is 0 Å². The van der Waals surface area contributed by atoms with Crippen LogP contribution in [0.4, 0.5) is 0 Å². The van der Waals surface area contributed by atoms with Crippen LogP contribution < -0.4 is 9.31 Å². The lowest BCUT2D eigenvalue weighted by molar-refractivity contribution is 0.509. The number of benzene rings is 1. The van der Waals surface area contributed by atoms with Crippen LogP contribution in [0.15, 0.2) is 41.9 Å². The quantitative estimate of drug-likeness (QED) is 0.697. The Hall–Kier alpha value is -1.64. The van der Waals surface area contributed by atoms with Crippen molar-refractivity contribution >= 4 is 7.12 Å². The second kappa shape index (κ2) is 3.94. The van der Waals surface area contributed by atoms with E-state index in [4.69, 9.17) is 9.31 Å². The van der Waals surface area contributed by atoms with Crippen molar-refractivity contribution in [2.45, 2.75) is 32.6 Å². The second-order valence-electron chi connectivity index (χ2n) is 5.85. The van der Waals surface area contributed by atoms with E-state index < -0.39 is 0 Å². The van der Waals surface area contributed by atoms with Crippen LogP contribution in [0.1, 0.15) is 32.8 Å². The molecular weight excluding hydrogens is 223 g/mol. The van der Waals surface area contributed by atoms with Gasteiger partial charge in [0.2, 0.25) is 0 Å². The minimum Gasteiger partial charge on any atom is -0.519 e. The van der Waals surface area contributed by atoms with Gasteiger partial charge in [-0.3, -0.25) is 0 Å². The highest BCUT2D eigenvalue weighted by molar-refractivity contribution is 6.56. The van der Waals surface area contributed by atoms with Gasteiger partial charge >= 0.3 is 7.12 Å². The summed E-state index contributed by atoms with van der Waals surface area (Å²) < 4.78 is 11.7. The molecule has 0 N–H and O–H groups in total. The van der Waals surface area contributed by atoms with E-state index in [0.29, 0.717) is 0 Å². The Kier molecular flexibility index (Phi) is 2.51. The highest BCUT2D eigenvalue weighted by atomic mass is 16.6. The highest BCUT2D eigenvalue weighted by Gasteiger charge is 2.36. The molecule has 0 atom stereocenters. The summed E-state index contributed by atoms with van der Waals surface area (Å²) in [5.74, 6) is 1.71. The van der Waals surface area contributed by atoms with E-state index in [1.165, 1.54) is 11.0 Å². The minimum atomic E-state index is -0.245. The maximum Gasteiger partial charge on any atom is 0.628 e. The van der Waals surface area contributed by atoms with Crippen molar-refractivity contribution in [2.24, 2.45) is 0 Å². The maximum atomic E-state index is 5.90. The van der Waals surface area contributed by atoms with Gasteiger partial charge in [0.15, 0.2) is 0 Å². The Morgan fingerprint density at radius 3 is 2.56 bits per heavy atom. The predicted molar refractivity (Wildman–Crippen MR) is 74.0 cm³/mol. The van der Waals surface area contributed by atoms with Crippen LogP contribution in [-0.2, 0) is 5.41 Å². The third-order valence-corrected chi connectivity index (χ3v) is 3.38. The van der Waals surface area contributed by atoms with Crippen LogP contribution in [0, 0.1) is 0 Å². The average molecular weight is 240 g/mol. The molecule has 1 aliphatic heterocycles. The second-order valence-corrected chi connectivity index (χ2v) is 5.85. The summed E-state index contributed by atoms with van der Waals surface area (Å²) >= 11 is 0. The fourth-order valence-corrected chi connectivity index (χ4v) is 2.21. The van der Waals surface area contributed by atoms with E-state index in [-0.39, 0.29) is 12.5 Å². The Bertz CT molecular complexity index is 538. The topological polar surface area (TPSA) is 18.5 Å². The van der Waals surface area contributed by atoms with Crippen molar-refractivity contribution in [1.29, 1.82) is 0 Å². The summed E-state index contributed by atoms with van der Waals surface area (Å²) in [6.45, 7) is 6.60. The van der Waals surface area contributed by atoms with Crippen molar-refractivity contribution in [1.82, 2.24) is 0 Å². The molecule has 0 radical (unpaired) electrons. The maximum absolute atomic E-state index is 5.90. The summed E-state index contributed by atoms with van der Waals surface area (Å²) in [7, 11) is -0.245. The van der Waals surface area contributed by atoms with Crippen molar-refractivity contribution in [3.8, 4) is 11.5 Å². The van der Waals surface area contributed by atoms with Gasteiger partial charge in [-0.05, 0) is 35.0 Å².